The molecule has 0 amide bonds. The van der Waals surface area contributed by atoms with E-state index in [1.54, 1.807) is 24.3 Å². The summed E-state index contributed by atoms with van der Waals surface area (Å²) in [5.74, 6) is 0.196. The number of halogens is 2. The highest BCUT2D eigenvalue weighted by Gasteiger charge is 2.10. The van der Waals surface area contributed by atoms with Gasteiger partial charge in [0.15, 0.2) is 0 Å². The summed E-state index contributed by atoms with van der Waals surface area (Å²) in [6.07, 6.45) is 3.55. The monoisotopic (exact) mass is 344 g/mol. The van der Waals surface area contributed by atoms with Gasteiger partial charge in [-0.2, -0.15) is 4.98 Å². The molecule has 0 aliphatic rings. The average molecular weight is 345 g/mol. The van der Waals surface area contributed by atoms with Crippen molar-refractivity contribution in [1.29, 1.82) is 0 Å². The van der Waals surface area contributed by atoms with Gasteiger partial charge < -0.3 is 4.52 Å². The zero-order valence-electron chi connectivity index (χ0n) is 10.8. The predicted molar refractivity (Wildman–Crippen MR) is 82.8 cm³/mol. The van der Waals surface area contributed by atoms with Gasteiger partial charge in [-0.3, -0.25) is 0 Å². The lowest BCUT2D eigenvalue weighted by Gasteiger charge is -1.94. The van der Waals surface area contributed by atoms with Crippen LogP contribution in [0.2, 0.25) is 0 Å². The summed E-state index contributed by atoms with van der Waals surface area (Å²) in [6.45, 7) is 0. The van der Waals surface area contributed by atoms with E-state index in [0.29, 0.717) is 11.5 Å². The van der Waals surface area contributed by atoms with Crippen molar-refractivity contribution in [2.75, 3.05) is 0 Å². The molecule has 0 saturated heterocycles. The second-order valence-corrected chi connectivity index (χ2v) is 5.24. The van der Waals surface area contributed by atoms with E-state index in [9.17, 15) is 4.39 Å². The minimum atomic E-state index is -0.373. The first-order valence-corrected chi connectivity index (χ1v) is 7.04. The predicted octanol–water partition coefficient (Wildman–Crippen LogP) is 4.81. The van der Waals surface area contributed by atoms with E-state index in [4.69, 9.17) is 4.52 Å². The van der Waals surface area contributed by atoms with Gasteiger partial charge in [0.1, 0.15) is 5.82 Å². The van der Waals surface area contributed by atoms with Crippen LogP contribution >= 0.6 is 15.9 Å². The Labute approximate surface area is 129 Å². The van der Waals surface area contributed by atoms with Crippen molar-refractivity contribution in [3.8, 4) is 11.4 Å². The highest BCUT2D eigenvalue weighted by atomic mass is 79.9. The van der Waals surface area contributed by atoms with Gasteiger partial charge in [0, 0.05) is 10.5 Å². The summed E-state index contributed by atoms with van der Waals surface area (Å²) in [4.78, 5) is 4.16. The third-order valence-corrected chi connectivity index (χ3v) is 3.37. The molecule has 1 heterocycles. The second-order valence-electron chi connectivity index (χ2n) is 4.32. The normalized spacial score (nSPS) is 11.1. The fraction of sp³-hybridized carbons (Fsp3) is 0. The zero-order chi connectivity index (χ0) is 14.7. The molecule has 1 aromatic heterocycles. The molecule has 0 aliphatic heterocycles. The molecule has 0 saturated carbocycles. The molecular formula is C16H10BrFN2O. The van der Waals surface area contributed by atoms with E-state index in [1.165, 1.54) is 6.07 Å². The fourth-order valence-corrected chi connectivity index (χ4v) is 2.06. The molecule has 21 heavy (non-hydrogen) atoms. The summed E-state index contributed by atoms with van der Waals surface area (Å²) in [5, 5.41) is 3.79. The van der Waals surface area contributed by atoms with Gasteiger partial charge in [0.25, 0.3) is 5.89 Å². The zero-order valence-corrected chi connectivity index (χ0v) is 12.4. The third kappa shape index (κ3) is 3.25. The van der Waals surface area contributed by atoms with Crippen LogP contribution < -0.4 is 0 Å². The van der Waals surface area contributed by atoms with Crippen molar-refractivity contribution < 1.29 is 8.91 Å². The van der Waals surface area contributed by atoms with E-state index in [0.717, 1.165) is 10.0 Å². The number of hydrogen-bond donors (Lipinski definition) is 0. The van der Waals surface area contributed by atoms with Gasteiger partial charge in [-0.15, -0.1) is 0 Å². The molecule has 2 aromatic carbocycles. The molecule has 0 radical (unpaired) electrons. The molecule has 5 heteroatoms. The molecule has 0 bridgehead atoms. The van der Waals surface area contributed by atoms with Crippen LogP contribution in [0.3, 0.4) is 0 Å². The molecule has 3 nitrogen and oxygen atoms in total. The first-order chi connectivity index (χ1) is 10.2. The first-order valence-electron chi connectivity index (χ1n) is 6.24. The van der Waals surface area contributed by atoms with Crippen molar-refractivity contribution in [3.63, 3.8) is 0 Å². The number of hydrogen-bond acceptors (Lipinski definition) is 3. The minimum absolute atomic E-state index is 0.239. The van der Waals surface area contributed by atoms with Crippen molar-refractivity contribution >= 4 is 28.1 Å². The lowest BCUT2D eigenvalue weighted by molar-refractivity contribution is 0.411. The summed E-state index contributed by atoms with van der Waals surface area (Å²) < 4.78 is 19.7. The van der Waals surface area contributed by atoms with Gasteiger partial charge >= 0.3 is 0 Å². The van der Waals surface area contributed by atoms with Crippen molar-refractivity contribution in [2.24, 2.45) is 0 Å². The lowest BCUT2D eigenvalue weighted by Crippen LogP contribution is -1.85. The van der Waals surface area contributed by atoms with E-state index < -0.39 is 0 Å². The smallest absolute Gasteiger partial charge is 0.250 e. The number of benzene rings is 2. The SMILES string of the molecule is Fc1ccccc1-c1noc(/C=C/c2ccc(Br)cc2)n1. The largest absolute Gasteiger partial charge is 0.334 e. The van der Waals surface area contributed by atoms with Gasteiger partial charge in [0.2, 0.25) is 5.82 Å². The maximum absolute atomic E-state index is 13.6. The summed E-state index contributed by atoms with van der Waals surface area (Å²) in [5.41, 5.74) is 1.33. The third-order valence-electron chi connectivity index (χ3n) is 2.84. The lowest BCUT2D eigenvalue weighted by atomic mass is 10.2. The maximum atomic E-state index is 13.6. The van der Waals surface area contributed by atoms with Crippen LogP contribution in [0.1, 0.15) is 11.5 Å². The summed E-state index contributed by atoms with van der Waals surface area (Å²) in [7, 11) is 0. The highest BCUT2D eigenvalue weighted by Crippen LogP contribution is 2.20. The van der Waals surface area contributed by atoms with Crippen LogP contribution in [0, 0.1) is 5.82 Å². The van der Waals surface area contributed by atoms with E-state index in [2.05, 4.69) is 26.1 Å². The molecule has 3 aromatic rings. The van der Waals surface area contributed by atoms with Gasteiger partial charge in [-0.1, -0.05) is 45.4 Å². The number of rotatable bonds is 3. The van der Waals surface area contributed by atoms with Gasteiger partial charge in [-0.25, -0.2) is 4.39 Å². The van der Waals surface area contributed by atoms with Crippen LogP contribution in [0.15, 0.2) is 57.5 Å². The van der Waals surface area contributed by atoms with Gasteiger partial charge in [0.05, 0.1) is 5.56 Å². The van der Waals surface area contributed by atoms with Crippen LogP contribution in [-0.4, -0.2) is 10.1 Å². The topological polar surface area (TPSA) is 38.9 Å². The average Bonchev–Trinajstić information content (AvgIpc) is 2.96. The van der Waals surface area contributed by atoms with Crippen molar-refractivity contribution in [3.05, 3.63) is 70.3 Å². The molecule has 0 aliphatic carbocycles. The number of nitrogens with zero attached hydrogens (tertiary/aromatic N) is 2. The fourth-order valence-electron chi connectivity index (χ4n) is 1.80. The van der Waals surface area contributed by atoms with E-state index in [-0.39, 0.29) is 11.6 Å². The Hall–Kier alpha value is -2.27. The molecule has 0 fully saturated rings. The van der Waals surface area contributed by atoms with Crippen LogP contribution in [0.4, 0.5) is 4.39 Å². The molecule has 0 atom stereocenters. The Morgan fingerprint density at radius 2 is 1.76 bits per heavy atom. The molecule has 0 N–H and O–H groups in total. The Kier molecular flexibility index (Phi) is 3.92. The molecule has 0 unspecified atom stereocenters. The Balaban J connectivity index is 1.82. The van der Waals surface area contributed by atoms with Crippen LogP contribution in [-0.2, 0) is 0 Å². The Bertz CT molecular complexity index is 781. The van der Waals surface area contributed by atoms with Gasteiger partial charge in [-0.05, 0) is 35.9 Å². The number of aromatic nitrogens is 2. The summed E-state index contributed by atoms with van der Waals surface area (Å²) in [6, 6.07) is 14.1. The van der Waals surface area contributed by atoms with Crippen LogP contribution in [0.5, 0.6) is 0 Å². The molecular weight excluding hydrogens is 335 g/mol. The van der Waals surface area contributed by atoms with Crippen LogP contribution in [0.25, 0.3) is 23.5 Å². The second kappa shape index (κ2) is 6.01. The van der Waals surface area contributed by atoms with Crippen molar-refractivity contribution in [2.45, 2.75) is 0 Å². The summed E-state index contributed by atoms with van der Waals surface area (Å²) >= 11 is 3.38. The maximum Gasteiger partial charge on any atom is 0.250 e. The quantitative estimate of drug-likeness (QED) is 0.684. The standard InChI is InChI=1S/C16H10BrFN2O/c17-12-8-5-11(6-9-12)7-10-15-19-16(20-21-15)13-3-1-2-4-14(13)18/h1-10H/b10-7+. The van der Waals surface area contributed by atoms with E-state index in [1.807, 2.05) is 30.3 Å². The Morgan fingerprint density at radius 1 is 1.00 bits per heavy atom. The van der Waals surface area contributed by atoms with Crippen molar-refractivity contribution in [1.82, 2.24) is 10.1 Å². The first kappa shape index (κ1) is 13.7. The molecule has 3 rings (SSSR count). The minimum Gasteiger partial charge on any atom is -0.334 e. The Morgan fingerprint density at radius 3 is 2.52 bits per heavy atom. The van der Waals surface area contributed by atoms with E-state index >= 15 is 0 Å². The molecule has 104 valence electrons. The molecule has 0 spiro atoms. The highest BCUT2D eigenvalue weighted by molar-refractivity contribution is 9.10.